The van der Waals surface area contributed by atoms with E-state index in [1.54, 1.807) is 6.92 Å². The number of nitrogens with zero attached hydrogens (tertiary/aromatic N) is 1. The predicted molar refractivity (Wildman–Crippen MR) is 88.8 cm³/mol. The number of benzene rings is 2. The number of aliphatic hydroxyl groups excluding tert-OH is 1. The second-order valence-electron chi connectivity index (χ2n) is 5.23. The first-order valence-corrected chi connectivity index (χ1v) is 7.48. The third-order valence-electron chi connectivity index (χ3n) is 3.54. The monoisotopic (exact) mass is 333 g/mol. The number of hydrogen-bond acceptors (Lipinski definition) is 2. The minimum atomic E-state index is -0.468. The van der Waals surface area contributed by atoms with Crippen LogP contribution in [0, 0.1) is 13.8 Å². The molecule has 0 aliphatic carbocycles. The molecule has 2 rings (SSSR count). The zero-order valence-electron chi connectivity index (χ0n) is 12.3. The van der Waals surface area contributed by atoms with E-state index in [0.717, 1.165) is 15.7 Å². The van der Waals surface area contributed by atoms with Crippen molar-refractivity contribution in [1.82, 2.24) is 0 Å². The number of aryl methyl sites for hydroxylation is 2. The summed E-state index contributed by atoms with van der Waals surface area (Å²) in [7, 11) is 2.06. The summed E-state index contributed by atoms with van der Waals surface area (Å²) >= 11 is 3.53. The van der Waals surface area contributed by atoms with Crippen LogP contribution in [-0.2, 0) is 0 Å². The Balaban J connectivity index is 2.38. The van der Waals surface area contributed by atoms with Crippen molar-refractivity contribution in [1.29, 1.82) is 0 Å². The van der Waals surface area contributed by atoms with E-state index in [2.05, 4.69) is 59.9 Å². The maximum atomic E-state index is 9.68. The van der Waals surface area contributed by atoms with Gasteiger partial charge in [-0.1, -0.05) is 39.7 Å². The van der Waals surface area contributed by atoms with Crippen LogP contribution in [0.15, 0.2) is 40.9 Å². The maximum absolute atomic E-state index is 9.68. The van der Waals surface area contributed by atoms with E-state index in [9.17, 15) is 5.11 Å². The standard InChI is InChI=1S/C17H20BrNO/c1-11-5-8-17(12(2)9-11)19(4)14-6-7-15(13(3)20)16(18)10-14/h5-10,13,20H,1-4H3/t13-/m0/s1. The lowest BCUT2D eigenvalue weighted by atomic mass is 10.1. The van der Waals surface area contributed by atoms with Crippen LogP contribution in [0.3, 0.4) is 0 Å². The van der Waals surface area contributed by atoms with E-state index >= 15 is 0 Å². The van der Waals surface area contributed by atoms with E-state index in [-0.39, 0.29) is 0 Å². The summed E-state index contributed by atoms with van der Waals surface area (Å²) in [6, 6.07) is 12.5. The molecule has 3 heteroatoms. The van der Waals surface area contributed by atoms with Crippen molar-refractivity contribution in [3.05, 3.63) is 57.6 Å². The Labute approximate surface area is 129 Å². The van der Waals surface area contributed by atoms with Crippen molar-refractivity contribution in [3.63, 3.8) is 0 Å². The van der Waals surface area contributed by atoms with Gasteiger partial charge in [-0.3, -0.25) is 0 Å². The summed E-state index contributed by atoms with van der Waals surface area (Å²) in [5, 5.41) is 9.68. The van der Waals surface area contributed by atoms with Crippen LogP contribution in [0.5, 0.6) is 0 Å². The average Bonchev–Trinajstić information content (AvgIpc) is 2.37. The van der Waals surface area contributed by atoms with Gasteiger partial charge in [0.2, 0.25) is 0 Å². The van der Waals surface area contributed by atoms with Crippen molar-refractivity contribution < 1.29 is 5.11 Å². The number of anilines is 2. The molecular formula is C17H20BrNO. The number of rotatable bonds is 3. The molecule has 0 unspecified atom stereocenters. The molecule has 0 aromatic heterocycles. The summed E-state index contributed by atoms with van der Waals surface area (Å²) in [5.41, 5.74) is 5.71. The Morgan fingerprint density at radius 3 is 2.35 bits per heavy atom. The van der Waals surface area contributed by atoms with Crippen LogP contribution in [0.2, 0.25) is 0 Å². The summed E-state index contributed by atoms with van der Waals surface area (Å²) in [4.78, 5) is 2.16. The van der Waals surface area contributed by atoms with Gasteiger partial charge in [-0.25, -0.2) is 0 Å². The smallest absolute Gasteiger partial charge is 0.0772 e. The lowest BCUT2D eigenvalue weighted by Crippen LogP contribution is -2.11. The van der Waals surface area contributed by atoms with Crippen LogP contribution in [0.4, 0.5) is 11.4 Å². The first kappa shape index (κ1) is 15.1. The van der Waals surface area contributed by atoms with Gasteiger partial charge in [0.05, 0.1) is 6.10 Å². The van der Waals surface area contributed by atoms with E-state index in [0.29, 0.717) is 0 Å². The van der Waals surface area contributed by atoms with Crippen molar-refractivity contribution in [3.8, 4) is 0 Å². The van der Waals surface area contributed by atoms with Gasteiger partial charge in [0.1, 0.15) is 0 Å². The molecule has 106 valence electrons. The highest BCUT2D eigenvalue weighted by molar-refractivity contribution is 9.10. The molecule has 0 saturated heterocycles. The topological polar surface area (TPSA) is 23.5 Å². The fourth-order valence-corrected chi connectivity index (χ4v) is 3.08. The first-order chi connectivity index (χ1) is 9.40. The van der Waals surface area contributed by atoms with Gasteiger partial charge in [0.25, 0.3) is 0 Å². The fourth-order valence-electron chi connectivity index (χ4n) is 2.38. The molecule has 0 saturated carbocycles. The van der Waals surface area contributed by atoms with Gasteiger partial charge >= 0.3 is 0 Å². The fraction of sp³-hybridized carbons (Fsp3) is 0.294. The number of halogens is 1. The maximum Gasteiger partial charge on any atom is 0.0772 e. The molecule has 0 fully saturated rings. The molecule has 2 aromatic rings. The zero-order valence-corrected chi connectivity index (χ0v) is 13.9. The molecule has 0 spiro atoms. The molecule has 0 radical (unpaired) electrons. The van der Waals surface area contributed by atoms with E-state index in [4.69, 9.17) is 0 Å². The zero-order chi connectivity index (χ0) is 14.9. The third kappa shape index (κ3) is 3.05. The highest BCUT2D eigenvalue weighted by atomic mass is 79.9. The quantitative estimate of drug-likeness (QED) is 0.864. The summed E-state index contributed by atoms with van der Waals surface area (Å²) in [6.45, 7) is 6.00. The first-order valence-electron chi connectivity index (χ1n) is 6.68. The second-order valence-corrected chi connectivity index (χ2v) is 6.09. The molecular weight excluding hydrogens is 314 g/mol. The largest absolute Gasteiger partial charge is 0.389 e. The molecule has 1 atom stereocenters. The highest BCUT2D eigenvalue weighted by Crippen LogP contribution is 2.32. The number of hydrogen-bond donors (Lipinski definition) is 1. The van der Waals surface area contributed by atoms with Crippen molar-refractivity contribution in [2.24, 2.45) is 0 Å². The van der Waals surface area contributed by atoms with Gasteiger partial charge in [0, 0.05) is 22.9 Å². The van der Waals surface area contributed by atoms with Crippen LogP contribution in [0.1, 0.15) is 29.7 Å². The molecule has 0 aliphatic rings. The van der Waals surface area contributed by atoms with Crippen LogP contribution in [0.25, 0.3) is 0 Å². The van der Waals surface area contributed by atoms with Crippen LogP contribution >= 0.6 is 15.9 Å². The van der Waals surface area contributed by atoms with Gasteiger partial charge < -0.3 is 10.0 Å². The molecule has 0 aliphatic heterocycles. The van der Waals surface area contributed by atoms with Crippen LogP contribution in [-0.4, -0.2) is 12.2 Å². The predicted octanol–water partition coefficient (Wildman–Crippen LogP) is 4.89. The summed E-state index contributed by atoms with van der Waals surface area (Å²) in [6.07, 6.45) is -0.468. The lowest BCUT2D eigenvalue weighted by molar-refractivity contribution is 0.198. The van der Waals surface area contributed by atoms with E-state index in [1.165, 1.54) is 16.8 Å². The molecule has 1 N–H and O–H groups in total. The SMILES string of the molecule is Cc1ccc(N(C)c2ccc([C@H](C)O)c(Br)c2)c(C)c1. The minimum absolute atomic E-state index is 0.468. The molecule has 2 aromatic carbocycles. The Hall–Kier alpha value is -1.32. The van der Waals surface area contributed by atoms with E-state index < -0.39 is 6.10 Å². The number of aliphatic hydroxyl groups is 1. The Morgan fingerprint density at radius 1 is 1.10 bits per heavy atom. The summed E-state index contributed by atoms with van der Waals surface area (Å²) in [5.74, 6) is 0. The van der Waals surface area contributed by atoms with Crippen molar-refractivity contribution in [2.75, 3.05) is 11.9 Å². The molecule has 2 nitrogen and oxygen atoms in total. The normalized spacial score (nSPS) is 12.3. The van der Waals surface area contributed by atoms with Gasteiger partial charge in [-0.15, -0.1) is 0 Å². The Bertz CT molecular complexity index is 622. The third-order valence-corrected chi connectivity index (χ3v) is 4.22. The van der Waals surface area contributed by atoms with Gasteiger partial charge in [0.15, 0.2) is 0 Å². The van der Waals surface area contributed by atoms with Crippen molar-refractivity contribution >= 4 is 27.3 Å². The van der Waals surface area contributed by atoms with Gasteiger partial charge in [-0.05, 0) is 50.1 Å². The van der Waals surface area contributed by atoms with Gasteiger partial charge in [-0.2, -0.15) is 0 Å². The molecule has 0 heterocycles. The highest BCUT2D eigenvalue weighted by Gasteiger charge is 2.11. The molecule has 0 amide bonds. The Morgan fingerprint density at radius 2 is 1.80 bits per heavy atom. The summed E-state index contributed by atoms with van der Waals surface area (Å²) < 4.78 is 0.932. The van der Waals surface area contributed by atoms with Crippen molar-refractivity contribution in [2.45, 2.75) is 26.9 Å². The van der Waals surface area contributed by atoms with E-state index in [1.807, 2.05) is 18.2 Å². The molecule has 0 bridgehead atoms. The second kappa shape index (κ2) is 5.98. The average molecular weight is 334 g/mol. The minimum Gasteiger partial charge on any atom is -0.389 e. The van der Waals surface area contributed by atoms with Crippen LogP contribution < -0.4 is 4.90 Å². The lowest BCUT2D eigenvalue weighted by Gasteiger charge is -2.23. The molecule has 20 heavy (non-hydrogen) atoms. The Kier molecular flexibility index (Phi) is 4.51.